The fraction of sp³-hybridized carbons (Fsp3) is 0.125. The summed E-state index contributed by atoms with van der Waals surface area (Å²) in [5.74, 6) is 10.9. The molecular weight excluding hydrogens is 587 g/mol. The molecule has 0 unspecified atom stereocenters. The molecule has 0 aliphatic heterocycles. The maximum atomic E-state index is 8.33. The molecule has 0 atom stereocenters. The summed E-state index contributed by atoms with van der Waals surface area (Å²) in [6.07, 6.45) is 3.40. The number of aliphatic hydroxyl groups excluding tert-OH is 1. The number of hydrogen-bond donors (Lipinski definition) is 1. The van der Waals surface area contributed by atoms with Gasteiger partial charge in [-0.25, -0.2) is 9.97 Å². The Labute approximate surface area is 176 Å². The minimum absolute atomic E-state index is 0.115. The van der Waals surface area contributed by atoms with Gasteiger partial charge in [-0.3, -0.25) is 0 Å². The van der Waals surface area contributed by atoms with Crippen molar-refractivity contribution in [3.8, 4) is 23.7 Å². The van der Waals surface area contributed by atoms with Crippen molar-refractivity contribution in [3.05, 3.63) is 60.2 Å². The van der Waals surface area contributed by atoms with E-state index in [0.717, 1.165) is 5.69 Å². The zero-order chi connectivity index (χ0) is 18.0. The summed E-state index contributed by atoms with van der Waals surface area (Å²) in [6, 6.07) is 11.2. The first kappa shape index (κ1) is 23.7. The van der Waals surface area contributed by atoms with Crippen LogP contribution in [0.1, 0.15) is 11.4 Å². The van der Waals surface area contributed by atoms with Gasteiger partial charge in [0, 0.05) is 12.4 Å². The SMILES string of the molecule is BrCC#Cc1ccccn1.BrP(Br)Br.OCC#Cc1ccccn1. The van der Waals surface area contributed by atoms with Crippen LogP contribution in [0.2, 0.25) is 0 Å². The first-order chi connectivity index (χ1) is 11.6. The molecule has 0 aliphatic rings. The Hall–Kier alpha value is -0.270. The van der Waals surface area contributed by atoms with Crippen LogP contribution in [0.5, 0.6) is 0 Å². The van der Waals surface area contributed by atoms with Gasteiger partial charge in [0.05, 0.1) is 5.33 Å². The van der Waals surface area contributed by atoms with Crippen LogP contribution >= 0.6 is 66.4 Å². The van der Waals surface area contributed by atoms with Crippen LogP contribution in [-0.2, 0) is 0 Å². The first-order valence-corrected chi connectivity index (χ1v) is 14.9. The molecule has 0 radical (unpaired) electrons. The fourth-order valence-corrected chi connectivity index (χ4v) is 1.27. The largest absolute Gasteiger partial charge is 0.384 e. The molecule has 0 aromatic carbocycles. The Balaban J connectivity index is 0.000000363. The van der Waals surface area contributed by atoms with Gasteiger partial charge in [-0.1, -0.05) is 39.9 Å². The zero-order valence-corrected chi connectivity index (χ0v) is 19.6. The van der Waals surface area contributed by atoms with Crippen molar-refractivity contribution in [2.24, 2.45) is 0 Å². The summed E-state index contributed by atoms with van der Waals surface area (Å²) in [5, 5.41) is 9.02. The smallest absolute Gasteiger partial charge is 0.113 e. The zero-order valence-electron chi connectivity index (χ0n) is 12.3. The summed E-state index contributed by atoms with van der Waals surface area (Å²) in [5.41, 5.74) is 1.51. The second-order valence-electron chi connectivity index (χ2n) is 3.52. The van der Waals surface area contributed by atoms with E-state index in [1.807, 2.05) is 30.3 Å². The molecule has 0 amide bonds. The van der Waals surface area contributed by atoms with Gasteiger partial charge < -0.3 is 5.11 Å². The third-order valence-corrected chi connectivity index (χ3v) is 2.19. The van der Waals surface area contributed by atoms with Crippen LogP contribution in [-0.4, -0.2) is 27.0 Å². The highest BCUT2D eigenvalue weighted by Crippen LogP contribution is 2.59. The van der Waals surface area contributed by atoms with Crippen molar-refractivity contribution >= 4 is 66.4 Å². The van der Waals surface area contributed by atoms with E-state index in [4.69, 9.17) is 5.11 Å². The van der Waals surface area contributed by atoms with Crippen LogP contribution in [0.3, 0.4) is 0 Å². The Morgan fingerprint density at radius 2 is 1.33 bits per heavy atom. The van der Waals surface area contributed by atoms with Crippen LogP contribution in [0.4, 0.5) is 0 Å². The van der Waals surface area contributed by atoms with Gasteiger partial charge in [-0.15, -0.1) is 0 Å². The van der Waals surface area contributed by atoms with E-state index >= 15 is 0 Å². The molecule has 0 aliphatic carbocycles. The molecule has 2 aromatic rings. The van der Waals surface area contributed by atoms with Crippen molar-refractivity contribution in [1.82, 2.24) is 9.97 Å². The van der Waals surface area contributed by atoms with Gasteiger partial charge in [0.1, 0.15) is 22.0 Å². The molecule has 24 heavy (non-hydrogen) atoms. The average molecular weight is 600 g/mol. The minimum Gasteiger partial charge on any atom is -0.384 e. The average Bonchev–Trinajstić information content (AvgIpc) is 2.60. The second-order valence-corrected chi connectivity index (χ2v) is 19.4. The summed E-state index contributed by atoms with van der Waals surface area (Å²) >= 11 is 12.7. The lowest BCUT2D eigenvalue weighted by Crippen LogP contribution is -1.79. The standard InChI is InChI=1S/C8H6BrN.C8H7NO.Br3P/c9-6-3-5-8-4-1-2-7-10-8;10-7-3-5-8-4-1-2-6-9-8;1-4(2)3/h1-2,4,7H,6H2;1-2,4,6,10H,7H2;. The van der Waals surface area contributed by atoms with E-state index in [1.165, 1.54) is 0 Å². The van der Waals surface area contributed by atoms with Crippen molar-refractivity contribution in [2.75, 3.05) is 11.9 Å². The van der Waals surface area contributed by atoms with E-state index in [-0.39, 0.29) is 10.6 Å². The maximum absolute atomic E-state index is 8.33. The quantitative estimate of drug-likeness (QED) is 0.242. The summed E-state index contributed by atoms with van der Waals surface area (Å²) in [7, 11) is 0. The van der Waals surface area contributed by atoms with Crippen molar-refractivity contribution in [2.45, 2.75) is 0 Å². The van der Waals surface area contributed by atoms with Crippen LogP contribution in [0.25, 0.3) is 0 Å². The second kappa shape index (κ2) is 17.5. The molecule has 0 saturated heterocycles. The maximum Gasteiger partial charge on any atom is 0.113 e. The molecule has 0 spiro atoms. The highest BCUT2D eigenvalue weighted by atomic mass is 80.0. The lowest BCUT2D eigenvalue weighted by Gasteiger charge is -1.83. The number of rotatable bonds is 0. The number of halogens is 4. The van der Waals surface area contributed by atoms with E-state index < -0.39 is 0 Å². The summed E-state index contributed by atoms with van der Waals surface area (Å²) in [6.45, 7) is -0.115. The minimum atomic E-state index is -0.183. The number of hydrogen-bond acceptors (Lipinski definition) is 3. The number of aliphatic hydroxyl groups is 1. The lowest BCUT2D eigenvalue weighted by atomic mass is 10.3. The van der Waals surface area contributed by atoms with Crippen LogP contribution < -0.4 is 0 Å². The van der Waals surface area contributed by atoms with E-state index in [0.29, 0.717) is 11.0 Å². The number of nitrogens with zero attached hydrogens (tertiary/aromatic N) is 2. The summed E-state index contributed by atoms with van der Waals surface area (Å²) < 4.78 is -0.183. The van der Waals surface area contributed by atoms with Crippen LogP contribution in [0.15, 0.2) is 48.8 Å². The Morgan fingerprint density at radius 1 is 0.875 bits per heavy atom. The predicted octanol–water partition coefficient (Wildman–Crippen LogP) is 5.65. The Bertz CT molecular complexity index is 604. The molecule has 2 heterocycles. The predicted molar refractivity (Wildman–Crippen MR) is 117 cm³/mol. The monoisotopic (exact) mass is 596 g/mol. The Kier molecular flexibility index (Phi) is 17.4. The molecule has 126 valence electrons. The topological polar surface area (TPSA) is 46.0 Å². The fourth-order valence-electron chi connectivity index (χ4n) is 1.13. The van der Waals surface area contributed by atoms with Crippen molar-refractivity contribution < 1.29 is 5.11 Å². The molecule has 0 fully saturated rings. The third-order valence-electron chi connectivity index (χ3n) is 1.91. The van der Waals surface area contributed by atoms with Crippen LogP contribution in [0, 0.1) is 23.7 Å². The molecule has 2 aromatic heterocycles. The molecule has 8 heteroatoms. The highest BCUT2D eigenvalue weighted by Gasteiger charge is 1.81. The normalized spacial score (nSPS) is 8.25. The van der Waals surface area contributed by atoms with Crippen molar-refractivity contribution in [1.29, 1.82) is 0 Å². The lowest BCUT2D eigenvalue weighted by molar-refractivity contribution is 0.350. The Morgan fingerprint density at radius 3 is 1.67 bits per heavy atom. The number of aromatic nitrogens is 2. The third kappa shape index (κ3) is 16.6. The molecule has 0 saturated carbocycles. The van der Waals surface area contributed by atoms with Gasteiger partial charge in [-0.2, -0.15) is 0 Å². The molecule has 3 nitrogen and oxygen atoms in total. The molecular formula is C16H13Br4N2OP. The molecule has 0 bridgehead atoms. The van der Waals surface area contributed by atoms with Gasteiger partial charge in [0.15, 0.2) is 0 Å². The summed E-state index contributed by atoms with van der Waals surface area (Å²) in [4.78, 5) is 7.95. The van der Waals surface area contributed by atoms with Gasteiger partial charge >= 0.3 is 0 Å². The van der Waals surface area contributed by atoms with E-state index in [1.54, 1.807) is 18.5 Å². The van der Waals surface area contributed by atoms with Gasteiger partial charge in [-0.05, 0) is 82.6 Å². The van der Waals surface area contributed by atoms with Gasteiger partial charge in [0.25, 0.3) is 0 Å². The van der Waals surface area contributed by atoms with Gasteiger partial charge in [0.2, 0.25) is 0 Å². The number of alkyl halides is 1. The molecule has 1 N–H and O–H groups in total. The molecule has 2 rings (SSSR count). The van der Waals surface area contributed by atoms with Crippen molar-refractivity contribution in [3.63, 3.8) is 0 Å². The number of pyridine rings is 2. The van der Waals surface area contributed by atoms with E-state index in [2.05, 4.69) is 96.0 Å². The highest BCUT2D eigenvalue weighted by molar-refractivity contribution is 9.93. The van der Waals surface area contributed by atoms with E-state index in [9.17, 15) is 0 Å². The first-order valence-electron chi connectivity index (χ1n) is 6.34.